The number of rotatable bonds is 7. The maximum absolute atomic E-state index is 5.60. The Morgan fingerprint density at radius 1 is 1.25 bits per heavy atom. The third kappa shape index (κ3) is 3.83. The van der Waals surface area contributed by atoms with Crippen LogP contribution in [0.3, 0.4) is 0 Å². The quantitative estimate of drug-likeness (QED) is 0.765. The van der Waals surface area contributed by atoms with Crippen LogP contribution in [-0.4, -0.2) is 31.1 Å². The lowest BCUT2D eigenvalue weighted by molar-refractivity contribution is 0.276. The van der Waals surface area contributed by atoms with Crippen LogP contribution in [0.2, 0.25) is 0 Å². The molecule has 0 saturated heterocycles. The van der Waals surface area contributed by atoms with Crippen molar-refractivity contribution in [2.45, 2.75) is 20.4 Å². The van der Waals surface area contributed by atoms with E-state index in [2.05, 4.69) is 17.9 Å². The van der Waals surface area contributed by atoms with E-state index in [1.807, 2.05) is 25.1 Å². The van der Waals surface area contributed by atoms with Crippen molar-refractivity contribution >= 4 is 0 Å². The predicted molar refractivity (Wildman–Crippen MR) is 67.6 cm³/mol. The molecule has 1 aromatic rings. The molecule has 0 aliphatic rings. The summed E-state index contributed by atoms with van der Waals surface area (Å²) < 4.78 is 5.60. The first-order valence-corrected chi connectivity index (χ1v) is 5.94. The first-order valence-electron chi connectivity index (χ1n) is 5.94. The van der Waals surface area contributed by atoms with Crippen molar-refractivity contribution in [3.05, 3.63) is 29.8 Å². The molecule has 0 bridgehead atoms. The average molecular weight is 222 g/mol. The molecular formula is C13H22N2O. The van der Waals surface area contributed by atoms with Crippen LogP contribution in [0.1, 0.15) is 19.4 Å². The fraction of sp³-hybridized carbons (Fsp3) is 0.538. The minimum atomic E-state index is 0.699. The second-order valence-electron chi connectivity index (χ2n) is 3.70. The Hall–Kier alpha value is -1.06. The van der Waals surface area contributed by atoms with Gasteiger partial charge in [0.25, 0.3) is 0 Å². The van der Waals surface area contributed by atoms with Gasteiger partial charge in [-0.3, -0.25) is 4.90 Å². The molecule has 0 unspecified atom stereocenters. The lowest BCUT2D eigenvalue weighted by Gasteiger charge is -2.21. The molecule has 0 fully saturated rings. The molecule has 16 heavy (non-hydrogen) atoms. The van der Waals surface area contributed by atoms with Crippen molar-refractivity contribution in [1.82, 2.24) is 4.90 Å². The van der Waals surface area contributed by atoms with Gasteiger partial charge in [0.1, 0.15) is 5.75 Å². The van der Waals surface area contributed by atoms with E-state index in [0.717, 1.165) is 25.4 Å². The highest BCUT2D eigenvalue weighted by Gasteiger charge is 2.07. The maximum Gasteiger partial charge on any atom is 0.123 e. The molecule has 0 heterocycles. The smallest absolute Gasteiger partial charge is 0.123 e. The summed E-state index contributed by atoms with van der Waals surface area (Å²) in [7, 11) is 0. The number of ether oxygens (including phenoxy) is 1. The monoisotopic (exact) mass is 222 g/mol. The second-order valence-corrected chi connectivity index (χ2v) is 3.70. The average Bonchev–Trinajstić information content (AvgIpc) is 2.31. The largest absolute Gasteiger partial charge is 0.494 e. The molecule has 0 amide bonds. The lowest BCUT2D eigenvalue weighted by atomic mass is 10.2. The summed E-state index contributed by atoms with van der Waals surface area (Å²) in [5, 5.41) is 0. The highest BCUT2D eigenvalue weighted by Crippen LogP contribution is 2.19. The molecule has 3 heteroatoms. The Labute approximate surface area is 98.2 Å². The molecule has 2 N–H and O–H groups in total. The van der Waals surface area contributed by atoms with Crippen molar-refractivity contribution in [3.8, 4) is 5.75 Å². The lowest BCUT2D eigenvalue weighted by Crippen LogP contribution is -2.29. The SMILES string of the molecule is CCOc1ccccc1CN(CC)CCN. The normalized spacial score (nSPS) is 10.8. The zero-order valence-corrected chi connectivity index (χ0v) is 10.3. The Morgan fingerprint density at radius 3 is 2.62 bits per heavy atom. The number of nitrogens with zero attached hydrogens (tertiary/aromatic N) is 1. The highest BCUT2D eigenvalue weighted by molar-refractivity contribution is 5.33. The zero-order chi connectivity index (χ0) is 11.8. The highest BCUT2D eigenvalue weighted by atomic mass is 16.5. The summed E-state index contributed by atoms with van der Waals surface area (Å²) in [6.45, 7) is 8.41. The Morgan fingerprint density at radius 2 is 2.00 bits per heavy atom. The number of hydrogen-bond donors (Lipinski definition) is 1. The van der Waals surface area contributed by atoms with Crippen LogP contribution in [0.15, 0.2) is 24.3 Å². The van der Waals surface area contributed by atoms with Gasteiger partial charge in [-0.25, -0.2) is 0 Å². The fourth-order valence-corrected chi connectivity index (χ4v) is 1.70. The van der Waals surface area contributed by atoms with Crippen LogP contribution in [0.25, 0.3) is 0 Å². The molecule has 3 nitrogen and oxygen atoms in total. The minimum absolute atomic E-state index is 0.699. The molecule has 0 aromatic heterocycles. The van der Waals surface area contributed by atoms with Crippen LogP contribution in [0.4, 0.5) is 0 Å². The molecule has 0 radical (unpaired) electrons. The molecule has 1 rings (SSSR count). The Kier molecular flexibility index (Phi) is 5.90. The summed E-state index contributed by atoms with van der Waals surface area (Å²) in [6, 6.07) is 8.20. The molecule has 0 saturated carbocycles. The van der Waals surface area contributed by atoms with E-state index in [1.54, 1.807) is 0 Å². The molecule has 90 valence electrons. The van der Waals surface area contributed by atoms with Gasteiger partial charge in [-0.1, -0.05) is 25.1 Å². The zero-order valence-electron chi connectivity index (χ0n) is 10.3. The summed E-state index contributed by atoms with van der Waals surface area (Å²) in [5.41, 5.74) is 6.82. The summed E-state index contributed by atoms with van der Waals surface area (Å²) >= 11 is 0. The number of likely N-dealkylation sites (N-methyl/N-ethyl adjacent to an activating group) is 1. The van der Waals surface area contributed by atoms with Crippen molar-refractivity contribution in [1.29, 1.82) is 0 Å². The van der Waals surface area contributed by atoms with Crippen molar-refractivity contribution < 1.29 is 4.74 Å². The third-order valence-corrected chi connectivity index (χ3v) is 2.56. The molecule has 1 aromatic carbocycles. The predicted octanol–water partition coefficient (Wildman–Crippen LogP) is 1.87. The van der Waals surface area contributed by atoms with Crippen LogP contribution in [0.5, 0.6) is 5.75 Å². The van der Waals surface area contributed by atoms with E-state index in [0.29, 0.717) is 13.2 Å². The van der Waals surface area contributed by atoms with Gasteiger partial charge in [0.05, 0.1) is 6.61 Å². The maximum atomic E-state index is 5.60. The van der Waals surface area contributed by atoms with E-state index in [-0.39, 0.29) is 0 Å². The molecule has 0 atom stereocenters. The van der Waals surface area contributed by atoms with E-state index in [9.17, 15) is 0 Å². The van der Waals surface area contributed by atoms with Gasteiger partial charge in [-0.15, -0.1) is 0 Å². The summed E-state index contributed by atoms with van der Waals surface area (Å²) in [6.07, 6.45) is 0. The van der Waals surface area contributed by atoms with E-state index in [4.69, 9.17) is 10.5 Å². The molecular weight excluding hydrogens is 200 g/mol. The van der Waals surface area contributed by atoms with Gasteiger partial charge in [0, 0.05) is 25.2 Å². The first kappa shape index (κ1) is 13.0. The van der Waals surface area contributed by atoms with Gasteiger partial charge >= 0.3 is 0 Å². The Bertz CT molecular complexity index is 302. The van der Waals surface area contributed by atoms with Gasteiger partial charge in [-0.05, 0) is 19.5 Å². The number of nitrogens with two attached hydrogens (primary N) is 1. The van der Waals surface area contributed by atoms with Gasteiger partial charge in [0.2, 0.25) is 0 Å². The number of hydrogen-bond acceptors (Lipinski definition) is 3. The van der Waals surface area contributed by atoms with Crippen molar-refractivity contribution in [3.63, 3.8) is 0 Å². The van der Waals surface area contributed by atoms with Crippen LogP contribution >= 0.6 is 0 Å². The minimum Gasteiger partial charge on any atom is -0.494 e. The number of para-hydroxylation sites is 1. The van der Waals surface area contributed by atoms with E-state index >= 15 is 0 Å². The van der Waals surface area contributed by atoms with E-state index < -0.39 is 0 Å². The second kappa shape index (κ2) is 7.25. The summed E-state index contributed by atoms with van der Waals surface area (Å²) in [5.74, 6) is 0.987. The molecule has 0 aliphatic carbocycles. The topological polar surface area (TPSA) is 38.5 Å². The Balaban J connectivity index is 2.70. The first-order chi connectivity index (χ1) is 7.81. The fourth-order valence-electron chi connectivity index (χ4n) is 1.70. The van der Waals surface area contributed by atoms with Gasteiger partial charge in [0.15, 0.2) is 0 Å². The van der Waals surface area contributed by atoms with Crippen LogP contribution in [-0.2, 0) is 6.54 Å². The summed E-state index contributed by atoms with van der Waals surface area (Å²) in [4.78, 5) is 2.32. The van der Waals surface area contributed by atoms with E-state index in [1.165, 1.54) is 5.56 Å². The van der Waals surface area contributed by atoms with Crippen LogP contribution < -0.4 is 10.5 Å². The third-order valence-electron chi connectivity index (χ3n) is 2.56. The molecule has 0 spiro atoms. The van der Waals surface area contributed by atoms with Gasteiger partial charge in [-0.2, -0.15) is 0 Å². The van der Waals surface area contributed by atoms with Gasteiger partial charge < -0.3 is 10.5 Å². The standard InChI is InChI=1S/C13H22N2O/c1-3-15(10-9-14)11-12-7-5-6-8-13(12)16-4-2/h5-8H,3-4,9-11,14H2,1-2H3. The van der Waals surface area contributed by atoms with Crippen LogP contribution in [0, 0.1) is 0 Å². The van der Waals surface area contributed by atoms with Crippen molar-refractivity contribution in [2.75, 3.05) is 26.2 Å². The van der Waals surface area contributed by atoms with Crippen molar-refractivity contribution in [2.24, 2.45) is 5.73 Å². The molecule has 0 aliphatic heterocycles. The number of benzene rings is 1.